The molecule has 0 bridgehead atoms. The maximum atomic E-state index is 13.9. The highest BCUT2D eigenvalue weighted by Gasteiger charge is 2.26. The van der Waals surface area contributed by atoms with E-state index in [0.29, 0.717) is 18.7 Å². The minimum absolute atomic E-state index is 0.120. The van der Waals surface area contributed by atoms with E-state index in [4.69, 9.17) is 4.74 Å². The highest BCUT2D eigenvalue weighted by atomic mass is 32.2. The second-order valence-corrected chi connectivity index (χ2v) is 9.06. The van der Waals surface area contributed by atoms with E-state index in [0.717, 1.165) is 19.3 Å². The first-order valence-electron chi connectivity index (χ1n) is 9.51. The Morgan fingerprint density at radius 2 is 1.86 bits per heavy atom. The average Bonchev–Trinajstić information content (AvgIpc) is 2.74. The van der Waals surface area contributed by atoms with Gasteiger partial charge < -0.3 is 9.64 Å². The highest BCUT2D eigenvalue weighted by molar-refractivity contribution is 7.89. The summed E-state index contributed by atoms with van der Waals surface area (Å²) in [6.45, 7) is 1.19. The molecule has 1 saturated heterocycles. The van der Waals surface area contributed by atoms with Gasteiger partial charge in [0, 0.05) is 32.2 Å². The zero-order chi connectivity index (χ0) is 21.0. The number of carbonyl (C=O) groups excluding carboxylic acids is 1. The summed E-state index contributed by atoms with van der Waals surface area (Å²) in [6, 6.07) is 10.6. The minimum Gasteiger partial charge on any atom is -0.494 e. The van der Waals surface area contributed by atoms with E-state index >= 15 is 0 Å². The van der Waals surface area contributed by atoms with Crippen LogP contribution in [0.15, 0.2) is 47.4 Å². The molecular weight excluding hydrogens is 395 g/mol. The molecule has 1 aliphatic heterocycles. The third-order valence-electron chi connectivity index (χ3n) is 5.02. The van der Waals surface area contributed by atoms with Crippen molar-refractivity contribution < 1.29 is 22.3 Å². The quantitative estimate of drug-likeness (QED) is 0.719. The number of benzene rings is 2. The first-order chi connectivity index (χ1) is 13.8. The summed E-state index contributed by atoms with van der Waals surface area (Å²) in [5.41, 5.74) is 0.885. The standard InChI is InChI=1S/C21H25FN2O4S/c1-23(15-16-9-10-20(28-2)19(22)13-16)21(25)17-7-6-8-18(14-17)29(26,27)24-11-4-3-5-12-24/h6-10,13-14H,3-5,11-12,15H2,1-2H3. The number of hydrogen-bond acceptors (Lipinski definition) is 4. The molecule has 0 atom stereocenters. The van der Waals surface area contributed by atoms with Crippen LogP contribution in [0.2, 0.25) is 0 Å². The predicted octanol–water partition coefficient (Wildman–Crippen LogP) is 3.28. The summed E-state index contributed by atoms with van der Waals surface area (Å²) in [6.07, 6.45) is 2.72. The summed E-state index contributed by atoms with van der Waals surface area (Å²) in [5, 5.41) is 0. The number of methoxy groups -OCH3 is 1. The SMILES string of the molecule is COc1ccc(CN(C)C(=O)c2cccc(S(=O)(=O)N3CCCCC3)c2)cc1F. The fourth-order valence-corrected chi connectivity index (χ4v) is 4.98. The lowest BCUT2D eigenvalue weighted by molar-refractivity contribution is 0.0784. The second-order valence-electron chi connectivity index (χ2n) is 7.12. The molecule has 0 aromatic heterocycles. The number of amides is 1. The summed E-state index contributed by atoms with van der Waals surface area (Å²) in [4.78, 5) is 14.4. The Bertz CT molecular complexity index is 988. The number of carbonyl (C=O) groups is 1. The highest BCUT2D eigenvalue weighted by Crippen LogP contribution is 2.23. The van der Waals surface area contributed by atoms with Crippen molar-refractivity contribution in [1.29, 1.82) is 0 Å². The van der Waals surface area contributed by atoms with E-state index in [1.54, 1.807) is 25.2 Å². The van der Waals surface area contributed by atoms with E-state index in [-0.39, 0.29) is 28.7 Å². The van der Waals surface area contributed by atoms with Gasteiger partial charge in [-0.25, -0.2) is 12.8 Å². The summed E-state index contributed by atoms with van der Waals surface area (Å²) in [7, 11) is -0.636. The molecular formula is C21H25FN2O4S. The van der Waals surface area contributed by atoms with Crippen LogP contribution in [0.1, 0.15) is 35.2 Å². The zero-order valence-electron chi connectivity index (χ0n) is 16.6. The largest absolute Gasteiger partial charge is 0.494 e. The van der Waals surface area contributed by atoms with Crippen molar-refractivity contribution in [2.75, 3.05) is 27.2 Å². The van der Waals surface area contributed by atoms with Crippen molar-refractivity contribution >= 4 is 15.9 Å². The molecule has 6 nitrogen and oxygen atoms in total. The van der Waals surface area contributed by atoms with Gasteiger partial charge in [-0.1, -0.05) is 18.6 Å². The zero-order valence-corrected chi connectivity index (χ0v) is 17.4. The Kier molecular flexibility index (Phi) is 6.54. The van der Waals surface area contributed by atoms with Crippen LogP contribution in [0.3, 0.4) is 0 Å². The number of hydrogen-bond donors (Lipinski definition) is 0. The minimum atomic E-state index is -3.62. The van der Waals surface area contributed by atoms with Crippen LogP contribution < -0.4 is 4.74 Å². The van der Waals surface area contributed by atoms with E-state index < -0.39 is 15.8 Å². The Labute approximate surface area is 170 Å². The number of sulfonamides is 1. The van der Waals surface area contributed by atoms with Gasteiger partial charge in [-0.2, -0.15) is 4.31 Å². The molecule has 1 fully saturated rings. The van der Waals surface area contributed by atoms with Gasteiger partial charge in [-0.3, -0.25) is 4.79 Å². The molecule has 1 aliphatic rings. The number of piperidine rings is 1. The smallest absolute Gasteiger partial charge is 0.253 e. The summed E-state index contributed by atoms with van der Waals surface area (Å²) >= 11 is 0. The normalized spacial score (nSPS) is 15.1. The van der Waals surface area contributed by atoms with E-state index in [9.17, 15) is 17.6 Å². The molecule has 0 aliphatic carbocycles. The number of rotatable bonds is 6. The molecule has 0 spiro atoms. The molecule has 2 aromatic carbocycles. The van der Waals surface area contributed by atoms with E-state index in [2.05, 4.69) is 0 Å². The monoisotopic (exact) mass is 420 g/mol. The lowest BCUT2D eigenvalue weighted by atomic mass is 10.1. The van der Waals surface area contributed by atoms with Gasteiger partial charge in [0.1, 0.15) is 0 Å². The molecule has 29 heavy (non-hydrogen) atoms. The van der Waals surface area contributed by atoms with Crippen LogP contribution in [0.25, 0.3) is 0 Å². The third kappa shape index (κ3) is 4.76. The van der Waals surface area contributed by atoms with Crippen molar-refractivity contribution in [3.05, 3.63) is 59.4 Å². The summed E-state index contributed by atoms with van der Waals surface area (Å²) < 4.78 is 46.0. The molecule has 3 rings (SSSR count). The second kappa shape index (κ2) is 8.92. The van der Waals surface area contributed by atoms with Crippen LogP contribution in [0.5, 0.6) is 5.75 Å². The van der Waals surface area contributed by atoms with Gasteiger partial charge in [0.25, 0.3) is 5.91 Å². The van der Waals surface area contributed by atoms with Crippen molar-refractivity contribution in [3.8, 4) is 5.75 Å². The van der Waals surface area contributed by atoms with Crippen molar-refractivity contribution in [1.82, 2.24) is 9.21 Å². The maximum absolute atomic E-state index is 13.9. The number of ether oxygens (including phenoxy) is 1. The molecule has 1 heterocycles. The molecule has 156 valence electrons. The molecule has 0 radical (unpaired) electrons. The van der Waals surface area contributed by atoms with Gasteiger partial charge >= 0.3 is 0 Å². The number of halogens is 1. The van der Waals surface area contributed by atoms with Crippen LogP contribution in [-0.4, -0.2) is 50.8 Å². The molecule has 8 heteroatoms. The Morgan fingerprint density at radius 1 is 1.14 bits per heavy atom. The van der Waals surface area contributed by atoms with Gasteiger partial charge in [-0.05, 0) is 48.7 Å². The summed E-state index contributed by atoms with van der Waals surface area (Å²) in [5.74, 6) is -0.698. The fourth-order valence-electron chi connectivity index (χ4n) is 3.42. The third-order valence-corrected chi connectivity index (χ3v) is 6.91. The first-order valence-corrected chi connectivity index (χ1v) is 10.9. The van der Waals surface area contributed by atoms with Crippen molar-refractivity contribution in [3.63, 3.8) is 0 Å². The topological polar surface area (TPSA) is 66.9 Å². The lowest BCUT2D eigenvalue weighted by Gasteiger charge is -2.26. The molecule has 2 aromatic rings. The van der Waals surface area contributed by atoms with Crippen molar-refractivity contribution in [2.24, 2.45) is 0 Å². The van der Waals surface area contributed by atoms with Crippen molar-refractivity contribution in [2.45, 2.75) is 30.7 Å². The van der Waals surface area contributed by atoms with Gasteiger partial charge in [0.15, 0.2) is 11.6 Å². The van der Waals surface area contributed by atoms with Crippen LogP contribution >= 0.6 is 0 Å². The van der Waals surface area contributed by atoms with Crippen LogP contribution in [0.4, 0.5) is 4.39 Å². The molecule has 0 unspecified atom stereocenters. The van der Waals surface area contributed by atoms with Crippen LogP contribution in [-0.2, 0) is 16.6 Å². The number of nitrogens with zero attached hydrogens (tertiary/aromatic N) is 2. The average molecular weight is 421 g/mol. The molecule has 1 amide bonds. The van der Waals surface area contributed by atoms with E-state index in [1.165, 1.54) is 40.6 Å². The Morgan fingerprint density at radius 3 is 2.52 bits per heavy atom. The van der Waals surface area contributed by atoms with Gasteiger partial charge in [0.2, 0.25) is 10.0 Å². The molecule has 0 N–H and O–H groups in total. The fraction of sp³-hybridized carbons (Fsp3) is 0.381. The Hall–Kier alpha value is -2.45. The van der Waals surface area contributed by atoms with E-state index in [1.807, 2.05) is 0 Å². The lowest BCUT2D eigenvalue weighted by Crippen LogP contribution is -2.35. The first kappa shape index (κ1) is 21.3. The van der Waals surface area contributed by atoms with Crippen LogP contribution in [0, 0.1) is 5.82 Å². The Balaban J connectivity index is 1.77. The van der Waals surface area contributed by atoms with Gasteiger partial charge in [-0.15, -0.1) is 0 Å². The van der Waals surface area contributed by atoms with Gasteiger partial charge in [0.05, 0.1) is 12.0 Å². The molecule has 0 saturated carbocycles. The predicted molar refractivity (Wildman–Crippen MR) is 108 cm³/mol. The maximum Gasteiger partial charge on any atom is 0.253 e.